The molecule has 3 N–H and O–H groups in total. The fourth-order valence-electron chi connectivity index (χ4n) is 2.32. The predicted molar refractivity (Wildman–Crippen MR) is 85.8 cm³/mol. The second kappa shape index (κ2) is 6.70. The first-order chi connectivity index (χ1) is 10.4. The summed E-state index contributed by atoms with van der Waals surface area (Å²) in [6.07, 6.45) is 0. The molecule has 1 unspecified atom stereocenters. The topological polar surface area (TPSA) is 79.3 Å². The van der Waals surface area contributed by atoms with Crippen molar-refractivity contribution in [2.45, 2.75) is 32.9 Å². The van der Waals surface area contributed by atoms with Crippen LogP contribution in [0.15, 0.2) is 29.1 Å². The lowest BCUT2D eigenvalue weighted by Gasteiger charge is -2.21. The first-order valence-electron chi connectivity index (χ1n) is 7.49. The summed E-state index contributed by atoms with van der Waals surface area (Å²) in [6.45, 7) is 6.14. The largest absolute Gasteiger partial charge is 0.349 e. The van der Waals surface area contributed by atoms with E-state index in [-0.39, 0.29) is 23.6 Å². The van der Waals surface area contributed by atoms with Gasteiger partial charge in [0.25, 0.3) is 11.5 Å². The van der Waals surface area contributed by atoms with Crippen LogP contribution in [0.2, 0.25) is 0 Å². The third-order valence-corrected chi connectivity index (χ3v) is 3.67. The maximum atomic E-state index is 12.1. The number of para-hydroxylation sites is 1. The second-order valence-electron chi connectivity index (χ2n) is 5.94. The molecule has 0 aliphatic rings. The third kappa shape index (κ3) is 3.71. The lowest BCUT2D eigenvalue weighted by molar-refractivity contribution is -0.903. The minimum atomic E-state index is -0.146. The van der Waals surface area contributed by atoms with Gasteiger partial charge in [-0.25, -0.2) is 4.98 Å². The number of carbonyl (C=O) groups excluding carboxylic acids is 1. The standard InChI is InChI=1S/C16H22N4O2/c1-10(2)17-14(21)9-20(4)11(3)15-18-13-8-6-5-7-12(13)16(22)19-15/h5-8,10-11H,9H2,1-4H3,(H,17,21)(H,18,19,22)/p+1/t11-/m1/s1. The zero-order valence-corrected chi connectivity index (χ0v) is 13.4. The maximum Gasteiger partial charge on any atom is 0.275 e. The van der Waals surface area contributed by atoms with E-state index in [9.17, 15) is 9.59 Å². The molecule has 0 bridgehead atoms. The number of aromatic amines is 1. The summed E-state index contributed by atoms with van der Waals surface area (Å²) in [5, 5.41) is 3.45. The molecule has 0 spiro atoms. The number of fused-ring (bicyclic) bond motifs is 1. The summed E-state index contributed by atoms with van der Waals surface area (Å²) in [5.74, 6) is 0.584. The Bertz CT molecular complexity index is 723. The number of quaternary nitrogens is 1. The number of likely N-dealkylation sites (N-methyl/N-ethyl adjacent to an activating group) is 1. The maximum absolute atomic E-state index is 12.1. The molecule has 0 fully saturated rings. The van der Waals surface area contributed by atoms with Crippen molar-refractivity contribution >= 4 is 16.8 Å². The molecule has 0 aliphatic heterocycles. The van der Waals surface area contributed by atoms with Gasteiger partial charge in [0.05, 0.1) is 18.0 Å². The van der Waals surface area contributed by atoms with Gasteiger partial charge in [0.1, 0.15) is 6.04 Å². The van der Waals surface area contributed by atoms with Crippen LogP contribution >= 0.6 is 0 Å². The Kier molecular flexibility index (Phi) is 4.92. The summed E-state index contributed by atoms with van der Waals surface area (Å²) in [6, 6.07) is 7.28. The van der Waals surface area contributed by atoms with Gasteiger partial charge in [0.15, 0.2) is 12.4 Å². The lowest BCUT2D eigenvalue weighted by Crippen LogP contribution is -3.10. The number of hydrogen-bond acceptors (Lipinski definition) is 3. The molecular formula is C16H23N4O2+. The van der Waals surface area contributed by atoms with E-state index in [0.29, 0.717) is 23.3 Å². The van der Waals surface area contributed by atoms with Crippen LogP contribution in [-0.4, -0.2) is 35.5 Å². The molecule has 6 nitrogen and oxygen atoms in total. The zero-order valence-electron chi connectivity index (χ0n) is 13.4. The van der Waals surface area contributed by atoms with Gasteiger partial charge in [0, 0.05) is 6.04 Å². The van der Waals surface area contributed by atoms with Gasteiger partial charge in [-0.1, -0.05) is 12.1 Å². The van der Waals surface area contributed by atoms with Crippen molar-refractivity contribution in [3.63, 3.8) is 0 Å². The molecule has 1 aromatic heterocycles. The highest BCUT2D eigenvalue weighted by molar-refractivity contribution is 5.77. The number of hydrogen-bond donors (Lipinski definition) is 3. The molecule has 1 heterocycles. The van der Waals surface area contributed by atoms with E-state index >= 15 is 0 Å². The molecule has 2 rings (SSSR count). The Hall–Kier alpha value is -2.21. The third-order valence-electron chi connectivity index (χ3n) is 3.67. The molecule has 0 radical (unpaired) electrons. The molecule has 22 heavy (non-hydrogen) atoms. The average Bonchev–Trinajstić information content (AvgIpc) is 2.45. The number of rotatable bonds is 5. The predicted octanol–water partition coefficient (Wildman–Crippen LogP) is 0.0234. The van der Waals surface area contributed by atoms with E-state index in [0.717, 1.165) is 4.90 Å². The van der Waals surface area contributed by atoms with Crippen molar-refractivity contribution in [3.05, 3.63) is 40.4 Å². The van der Waals surface area contributed by atoms with Crippen molar-refractivity contribution in [1.82, 2.24) is 15.3 Å². The molecule has 0 aliphatic carbocycles. The minimum absolute atomic E-state index is 0.0116. The lowest BCUT2D eigenvalue weighted by atomic mass is 10.2. The van der Waals surface area contributed by atoms with Crippen molar-refractivity contribution in [2.24, 2.45) is 0 Å². The first-order valence-corrected chi connectivity index (χ1v) is 7.49. The van der Waals surface area contributed by atoms with Crippen molar-refractivity contribution in [3.8, 4) is 0 Å². The molecular weight excluding hydrogens is 280 g/mol. The summed E-state index contributed by atoms with van der Waals surface area (Å²) in [7, 11) is 1.92. The summed E-state index contributed by atoms with van der Waals surface area (Å²) in [4.78, 5) is 32.3. The first kappa shape index (κ1) is 16.2. The van der Waals surface area contributed by atoms with Crippen molar-refractivity contribution in [1.29, 1.82) is 0 Å². The fraction of sp³-hybridized carbons (Fsp3) is 0.438. The number of H-pyrrole nitrogens is 1. The number of nitrogens with zero attached hydrogens (tertiary/aromatic N) is 1. The van der Waals surface area contributed by atoms with Crippen molar-refractivity contribution < 1.29 is 9.69 Å². The molecule has 0 saturated carbocycles. The Morgan fingerprint density at radius 3 is 2.68 bits per heavy atom. The van der Waals surface area contributed by atoms with Gasteiger partial charge in [-0.15, -0.1) is 0 Å². The van der Waals surface area contributed by atoms with Crippen LogP contribution in [0.4, 0.5) is 0 Å². The van der Waals surface area contributed by atoms with Crippen LogP contribution in [0.3, 0.4) is 0 Å². The summed E-state index contributed by atoms with van der Waals surface area (Å²) in [5.41, 5.74) is 0.527. The Morgan fingerprint density at radius 1 is 1.32 bits per heavy atom. The average molecular weight is 303 g/mol. The number of nitrogens with one attached hydrogen (secondary N) is 3. The monoisotopic (exact) mass is 303 g/mol. The van der Waals surface area contributed by atoms with E-state index < -0.39 is 0 Å². The molecule has 1 amide bonds. The number of aromatic nitrogens is 2. The molecule has 0 saturated heterocycles. The van der Waals surface area contributed by atoms with Crippen LogP contribution in [0.25, 0.3) is 10.9 Å². The number of carbonyl (C=O) groups is 1. The molecule has 6 heteroatoms. The van der Waals surface area contributed by atoms with Gasteiger partial charge in [0.2, 0.25) is 0 Å². The Labute approximate surface area is 129 Å². The number of benzene rings is 1. The van der Waals surface area contributed by atoms with Gasteiger partial charge in [-0.2, -0.15) is 0 Å². The Balaban J connectivity index is 2.20. The van der Waals surface area contributed by atoms with E-state index in [4.69, 9.17) is 0 Å². The highest BCUT2D eigenvalue weighted by Crippen LogP contribution is 2.08. The van der Waals surface area contributed by atoms with Crippen LogP contribution in [-0.2, 0) is 4.79 Å². The molecule has 118 valence electrons. The fourth-order valence-corrected chi connectivity index (χ4v) is 2.32. The van der Waals surface area contributed by atoms with Gasteiger partial charge in [-0.05, 0) is 32.9 Å². The summed E-state index contributed by atoms with van der Waals surface area (Å²) >= 11 is 0. The number of amides is 1. The van der Waals surface area contributed by atoms with E-state index in [1.807, 2.05) is 46.0 Å². The molecule has 2 atom stereocenters. The molecule has 2 aromatic rings. The quantitative estimate of drug-likeness (QED) is 0.729. The zero-order chi connectivity index (χ0) is 16.3. The van der Waals surface area contributed by atoms with Gasteiger partial charge >= 0.3 is 0 Å². The van der Waals surface area contributed by atoms with Crippen LogP contribution in [0.5, 0.6) is 0 Å². The van der Waals surface area contributed by atoms with Gasteiger partial charge in [-0.3, -0.25) is 9.59 Å². The normalized spacial score (nSPS) is 14.0. The summed E-state index contributed by atoms with van der Waals surface area (Å²) < 4.78 is 0. The minimum Gasteiger partial charge on any atom is -0.349 e. The van der Waals surface area contributed by atoms with Crippen LogP contribution in [0.1, 0.15) is 32.6 Å². The Morgan fingerprint density at radius 2 is 2.00 bits per heavy atom. The van der Waals surface area contributed by atoms with Crippen LogP contribution < -0.4 is 15.8 Å². The van der Waals surface area contributed by atoms with E-state index in [1.165, 1.54) is 0 Å². The molecule has 1 aromatic carbocycles. The van der Waals surface area contributed by atoms with E-state index in [2.05, 4.69) is 15.3 Å². The SMILES string of the molecule is CC(C)NC(=O)C[NH+](C)[C@H](C)c1nc2ccccc2c(=O)[nH]1. The highest BCUT2D eigenvalue weighted by atomic mass is 16.2. The van der Waals surface area contributed by atoms with Gasteiger partial charge < -0.3 is 15.2 Å². The van der Waals surface area contributed by atoms with E-state index in [1.54, 1.807) is 6.07 Å². The second-order valence-corrected chi connectivity index (χ2v) is 5.94. The smallest absolute Gasteiger partial charge is 0.275 e. The highest BCUT2D eigenvalue weighted by Gasteiger charge is 2.21. The van der Waals surface area contributed by atoms with Crippen LogP contribution in [0, 0.1) is 0 Å². The van der Waals surface area contributed by atoms with Crippen molar-refractivity contribution in [2.75, 3.05) is 13.6 Å².